The van der Waals surface area contributed by atoms with Crippen LogP contribution in [0, 0.1) is 0 Å². The van der Waals surface area contributed by atoms with E-state index in [9.17, 15) is 26.3 Å². The van der Waals surface area contributed by atoms with E-state index in [4.69, 9.17) is 11.6 Å². The molecule has 1 heterocycles. The summed E-state index contributed by atoms with van der Waals surface area (Å²) in [6.45, 7) is 2.42. The summed E-state index contributed by atoms with van der Waals surface area (Å²) < 4.78 is 81.0. The largest absolute Gasteiger partial charge is 0.573 e. The molecule has 0 spiro atoms. The average molecular weight is 512 g/mol. The first-order valence-electron chi connectivity index (χ1n) is 8.72. The van der Waals surface area contributed by atoms with E-state index in [1.54, 1.807) is 0 Å². The lowest BCUT2D eigenvalue weighted by molar-refractivity contribution is -0.274. The molecule has 2 aromatic rings. The molecule has 1 N–H and O–H groups in total. The highest BCUT2D eigenvalue weighted by Crippen LogP contribution is 2.39. The fraction of sp³-hybridized carbons (Fsp3) is 0.368. The molecule has 31 heavy (non-hydrogen) atoms. The summed E-state index contributed by atoms with van der Waals surface area (Å²) >= 11 is 5.73. The molecule has 1 saturated heterocycles. The lowest BCUT2D eigenvalue weighted by Gasteiger charge is -2.36. The Morgan fingerprint density at radius 1 is 0.871 bits per heavy atom. The van der Waals surface area contributed by atoms with Crippen molar-refractivity contribution in [1.82, 2.24) is 10.2 Å². The van der Waals surface area contributed by atoms with Crippen molar-refractivity contribution in [3.8, 4) is 5.75 Å². The van der Waals surface area contributed by atoms with Crippen LogP contribution < -0.4 is 10.1 Å². The number of hydrogen-bond donors (Lipinski definition) is 1. The van der Waals surface area contributed by atoms with E-state index in [0.717, 1.165) is 18.2 Å². The molecular formula is C19H19Cl3F6N2O. The van der Waals surface area contributed by atoms with Crippen LogP contribution in [0.1, 0.15) is 22.7 Å². The quantitative estimate of drug-likeness (QED) is 0.503. The van der Waals surface area contributed by atoms with Gasteiger partial charge in [-0.05, 0) is 35.4 Å². The second-order valence-corrected chi connectivity index (χ2v) is 6.95. The molecule has 1 aliphatic rings. The van der Waals surface area contributed by atoms with Crippen LogP contribution in [0.4, 0.5) is 26.3 Å². The third-order valence-electron chi connectivity index (χ3n) is 4.56. The van der Waals surface area contributed by atoms with Crippen LogP contribution in [0.3, 0.4) is 0 Å². The van der Waals surface area contributed by atoms with Crippen molar-refractivity contribution in [2.75, 3.05) is 26.2 Å². The van der Waals surface area contributed by atoms with Gasteiger partial charge in [0.1, 0.15) is 5.75 Å². The fourth-order valence-corrected chi connectivity index (χ4v) is 3.56. The molecule has 1 fully saturated rings. The minimum absolute atomic E-state index is 0. The number of alkyl halides is 6. The van der Waals surface area contributed by atoms with Gasteiger partial charge < -0.3 is 10.1 Å². The summed E-state index contributed by atoms with van der Waals surface area (Å²) in [5.74, 6) is -0.396. The van der Waals surface area contributed by atoms with Gasteiger partial charge in [-0.3, -0.25) is 4.90 Å². The molecule has 12 heteroatoms. The van der Waals surface area contributed by atoms with Crippen molar-refractivity contribution in [1.29, 1.82) is 0 Å². The minimum atomic E-state index is -4.82. The van der Waals surface area contributed by atoms with E-state index in [-0.39, 0.29) is 24.8 Å². The molecule has 174 valence electrons. The Kier molecular flexibility index (Phi) is 9.77. The number of benzene rings is 2. The monoisotopic (exact) mass is 510 g/mol. The molecule has 3 nitrogen and oxygen atoms in total. The Bertz CT molecular complexity index is 840. The second kappa shape index (κ2) is 11.0. The van der Waals surface area contributed by atoms with Crippen LogP contribution in [0.15, 0.2) is 42.5 Å². The van der Waals surface area contributed by atoms with Crippen LogP contribution in [0.25, 0.3) is 0 Å². The van der Waals surface area contributed by atoms with Gasteiger partial charge >= 0.3 is 12.5 Å². The summed E-state index contributed by atoms with van der Waals surface area (Å²) in [7, 11) is 0. The average Bonchev–Trinajstić information content (AvgIpc) is 2.63. The maximum atomic E-state index is 13.3. The van der Waals surface area contributed by atoms with E-state index in [1.807, 2.05) is 4.90 Å². The van der Waals surface area contributed by atoms with E-state index < -0.39 is 34.9 Å². The Balaban J connectivity index is 0.00000240. The van der Waals surface area contributed by atoms with Gasteiger partial charge in [-0.1, -0.05) is 29.8 Å². The van der Waals surface area contributed by atoms with Crippen LogP contribution >= 0.6 is 36.4 Å². The first kappa shape index (κ1) is 27.6. The molecule has 1 atom stereocenters. The predicted molar refractivity (Wildman–Crippen MR) is 110 cm³/mol. The lowest BCUT2D eigenvalue weighted by atomic mass is 9.94. The van der Waals surface area contributed by atoms with E-state index >= 15 is 0 Å². The smallest absolute Gasteiger partial charge is 0.406 e. The molecule has 0 amide bonds. The Labute approximate surface area is 192 Å². The highest BCUT2D eigenvalue weighted by molar-refractivity contribution is 6.31. The molecule has 2 aromatic carbocycles. The zero-order valence-corrected chi connectivity index (χ0v) is 18.2. The Hall–Kier alpha value is -1.39. The maximum Gasteiger partial charge on any atom is 0.573 e. The predicted octanol–water partition coefficient (Wildman–Crippen LogP) is 6.10. The molecule has 0 unspecified atom stereocenters. The summed E-state index contributed by atoms with van der Waals surface area (Å²) in [5.41, 5.74) is -0.0428. The number of halogens is 9. The number of nitrogens with zero attached hydrogens (tertiary/aromatic N) is 1. The summed E-state index contributed by atoms with van der Waals surface area (Å²) in [5, 5.41) is 2.76. The molecule has 0 saturated carbocycles. The Morgan fingerprint density at radius 2 is 1.42 bits per heavy atom. The summed E-state index contributed by atoms with van der Waals surface area (Å²) in [6, 6.07) is 8.27. The molecule has 1 aliphatic heterocycles. The van der Waals surface area contributed by atoms with Crippen molar-refractivity contribution < 1.29 is 31.1 Å². The number of hydrogen-bond acceptors (Lipinski definition) is 3. The van der Waals surface area contributed by atoms with Gasteiger partial charge in [0.25, 0.3) is 0 Å². The SMILES string of the molecule is Cl.Cl.FC(F)(F)Oc1ccc([C@H](c2ccc(Cl)c(C(F)(F)F)c2)N2CCNCC2)cc1. The maximum absolute atomic E-state index is 13.3. The third kappa shape index (κ3) is 7.32. The van der Waals surface area contributed by atoms with Gasteiger partial charge in [0, 0.05) is 26.2 Å². The lowest BCUT2D eigenvalue weighted by Crippen LogP contribution is -2.45. The summed E-state index contributed by atoms with van der Waals surface area (Å²) in [6.07, 6.45) is -9.44. The summed E-state index contributed by atoms with van der Waals surface area (Å²) in [4.78, 5) is 1.97. The van der Waals surface area contributed by atoms with Gasteiger partial charge in [-0.15, -0.1) is 38.0 Å². The Morgan fingerprint density at radius 3 is 1.94 bits per heavy atom. The van der Waals surface area contributed by atoms with Gasteiger partial charge in [-0.25, -0.2) is 0 Å². The van der Waals surface area contributed by atoms with E-state index in [0.29, 0.717) is 37.3 Å². The van der Waals surface area contributed by atoms with Crippen LogP contribution in [0.2, 0.25) is 5.02 Å². The number of nitrogens with one attached hydrogen (secondary N) is 1. The molecule has 0 aromatic heterocycles. The highest BCUT2D eigenvalue weighted by atomic mass is 35.5. The molecule has 3 rings (SSSR count). The van der Waals surface area contributed by atoms with Gasteiger partial charge in [0.2, 0.25) is 0 Å². The number of rotatable bonds is 4. The standard InChI is InChI=1S/C19H17ClF6N2O.2ClH/c20-16-6-3-13(11-15(16)18(21,22)23)17(28-9-7-27-8-10-28)12-1-4-14(5-2-12)29-19(24,25)26;;/h1-6,11,17,27H,7-10H2;2*1H/t17-;;/m1../s1. The normalized spacial score (nSPS) is 16.1. The van der Waals surface area contributed by atoms with E-state index in [2.05, 4.69) is 10.1 Å². The molecule has 0 radical (unpaired) electrons. The van der Waals surface area contributed by atoms with Crippen molar-refractivity contribution in [2.45, 2.75) is 18.6 Å². The minimum Gasteiger partial charge on any atom is -0.406 e. The van der Waals surface area contributed by atoms with Gasteiger partial charge in [-0.2, -0.15) is 13.2 Å². The first-order valence-corrected chi connectivity index (χ1v) is 9.09. The van der Waals surface area contributed by atoms with Crippen LogP contribution in [-0.4, -0.2) is 37.4 Å². The van der Waals surface area contributed by atoms with Crippen LogP contribution in [0.5, 0.6) is 5.75 Å². The van der Waals surface area contributed by atoms with Crippen molar-refractivity contribution >= 4 is 36.4 Å². The van der Waals surface area contributed by atoms with Crippen LogP contribution in [-0.2, 0) is 6.18 Å². The first-order chi connectivity index (χ1) is 13.5. The highest BCUT2D eigenvalue weighted by Gasteiger charge is 2.35. The van der Waals surface area contributed by atoms with Crippen molar-refractivity contribution in [3.63, 3.8) is 0 Å². The van der Waals surface area contributed by atoms with E-state index in [1.165, 1.54) is 24.3 Å². The number of piperazine rings is 1. The van der Waals surface area contributed by atoms with Crippen molar-refractivity contribution in [3.05, 3.63) is 64.2 Å². The zero-order chi connectivity index (χ0) is 21.2. The second-order valence-electron chi connectivity index (χ2n) is 6.54. The zero-order valence-electron chi connectivity index (χ0n) is 15.8. The molecular weight excluding hydrogens is 493 g/mol. The fourth-order valence-electron chi connectivity index (χ4n) is 3.34. The molecule has 0 aliphatic carbocycles. The molecule has 0 bridgehead atoms. The van der Waals surface area contributed by atoms with Gasteiger partial charge in [0.15, 0.2) is 0 Å². The topological polar surface area (TPSA) is 24.5 Å². The number of ether oxygens (including phenoxy) is 1. The van der Waals surface area contributed by atoms with Crippen molar-refractivity contribution in [2.24, 2.45) is 0 Å². The third-order valence-corrected chi connectivity index (χ3v) is 4.89. The van der Waals surface area contributed by atoms with Gasteiger partial charge in [0.05, 0.1) is 16.6 Å².